The van der Waals surface area contributed by atoms with Gasteiger partial charge in [0.15, 0.2) is 5.96 Å². The van der Waals surface area contributed by atoms with Gasteiger partial charge in [0, 0.05) is 45.3 Å². The maximum absolute atomic E-state index is 4.79. The molecule has 0 spiro atoms. The molecule has 23 heavy (non-hydrogen) atoms. The molecule has 7 heteroatoms. The molecule has 0 bridgehead atoms. The van der Waals surface area contributed by atoms with Crippen LogP contribution in [-0.2, 0) is 7.05 Å². The molecule has 0 amide bonds. The first-order chi connectivity index (χ1) is 10.6. The van der Waals surface area contributed by atoms with Gasteiger partial charge in [0.05, 0.1) is 12.7 Å². The zero-order chi connectivity index (χ0) is 15.9. The van der Waals surface area contributed by atoms with E-state index in [0.29, 0.717) is 5.92 Å². The Balaban J connectivity index is 0.00000264. The number of nitrogens with one attached hydrogen (secondary N) is 1. The molecule has 1 saturated heterocycles. The summed E-state index contributed by atoms with van der Waals surface area (Å²) in [6.45, 7) is 10.2. The largest absolute Gasteiger partial charge is 0.357 e. The average Bonchev–Trinajstić information content (AvgIpc) is 3.14. The molecule has 1 aliphatic heterocycles. The number of nitrogens with zero attached hydrogens (tertiary/aromatic N) is 5. The SMILES string of the molecule is CCNC(=NCCN(C)CC)N1CCC(c2cnn(C)c2)C1.I. The molecule has 6 nitrogen and oxygen atoms in total. The van der Waals surface area contributed by atoms with Crippen LogP contribution in [0.4, 0.5) is 0 Å². The Morgan fingerprint density at radius 1 is 1.48 bits per heavy atom. The van der Waals surface area contributed by atoms with Crippen LogP contribution < -0.4 is 5.32 Å². The highest BCUT2D eigenvalue weighted by atomic mass is 127. The first-order valence-electron chi connectivity index (χ1n) is 8.34. The van der Waals surface area contributed by atoms with Gasteiger partial charge in [-0.05, 0) is 32.5 Å². The number of aliphatic imine (C=N–C) groups is 1. The third kappa shape index (κ3) is 5.95. The molecule has 1 N–H and O–H groups in total. The van der Waals surface area contributed by atoms with Crippen molar-refractivity contribution in [1.82, 2.24) is 24.9 Å². The molecular formula is C16H31IN6. The van der Waals surface area contributed by atoms with Gasteiger partial charge in [0.2, 0.25) is 0 Å². The summed E-state index contributed by atoms with van der Waals surface area (Å²) >= 11 is 0. The van der Waals surface area contributed by atoms with E-state index in [9.17, 15) is 0 Å². The average molecular weight is 434 g/mol. The van der Waals surface area contributed by atoms with E-state index in [1.807, 2.05) is 17.9 Å². The summed E-state index contributed by atoms with van der Waals surface area (Å²) in [5, 5.41) is 7.72. The lowest BCUT2D eigenvalue weighted by atomic mass is 10.0. The summed E-state index contributed by atoms with van der Waals surface area (Å²) in [5.41, 5.74) is 1.34. The Morgan fingerprint density at radius 3 is 2.87 bits per heavy atom. The number of hydrogen-bond donors (Lipinski definition) is 1. The van der Waals surface area contributed by atoms with Gasteiger partial charge in [-0.25, -0.2) is 0 Å². The summed E-state index contributed by atoms with van der Waals surface area (Å²) in [4.78, 5) is 9.45. The summed E-state index contributed by atoms with van der Waals surface area (Å²) in [7, 11) is 4.11. The summed E-state index contributed by atoms with van der Waals surface area (Å²) in [6.07, 6.45) is 5.30. The fraction of sp³-hybridized carbons (Fsp3) is 0.750. The maximum atomic E-state index is 4.79. The molecule has 132 valence electrons. The second-order valence-electron chi connectivity index (χ2n) is 6.01. The van der Waals surface area contributed by atoms with Gasteiger partial charge < -0.3 is 15.1 Å². The molecule has 2 rings (SSSR count). The minimum atomic E-state index is 0. The van der Waals surface area contributed by atoms with Crippen LogP contribution in [0.5, 0.6) is 0 Å². The number of hydrogen-bond acceptors (Lipinski definition) is 3. The van der Waals surface area contributed by atoms with E-state index in [1.165, 1.54) is 12.0 Å². The molecule has 1 fully saturated rings. The van der Waals surface area contributed by atoms with Gasteiger partial charge in [-0.3, -0.25) is 9.67 Å². The van der Waals surface area contributed by atoms with Crippen LogP contribution in [0.25, 0.3) is 0 Å². The van der Waals surface area contributed by atoms with E-state index in [4.69, 9.17) is 4.99 Å². The molecule has 1 aromatic rings. The van der Waals surface area contributed by atoms with Crippen molar-refractivity contribution in [2.45, 2.75) is 26.2 Å². The van der Waals surface area contributed by atoms with Crippen molar-refractivity contribution < 1.29 is 0 Å². The molecule has 0 aromatic carbocycles. The molecule has 1 unspecified atom stereocenters. The zero-order valence-corrected chi connectivity index (χ0v) is 17.2. The van der Waals surface area contributed by atoms with Crippen molar-refractivity contribution in [2.24, 2.45) is 12.0 Å². The summed E-state index contributed by atoms with van der Waals surface area (Å²) in [6, 6.07) is 0. The fourth-order valence-electron chi connectivity index (χ4n) is 2.79. The zero-order valence-electron chi connectivity index (χ0n) is 14.8. The Labute approximate surface area is 157 Å². The molecule has 1 aromatic heterocycles. The number of aromatic nitrogens is 2. The Kier molecular flexibility index (Phi) is 8.90. The first-order valence-corrected chi connectivity index (χ1v) is 8.34. The number of halogens is 1. The third-order valence-electron chi connectivity index (χ3n) is 4.30. The lowest BCUT2D eigenvalue weighted by Gasteiger charge is -2.22. The topological polar surface area (TPSA) is 48.7 Å². The van der Waals surface area contributed by atoms with E-state index in [1.54, 1.807) is 0 Å². The summed E-state index contributed by atoms with van der Waals surface area (Å²) in [5.74, 6) is 1.62. The maximum Gasteiger partial charge on any atom is 0.193 e. The highest BCUT2D eigenvalue weighted by Gasteiger charge is 2.26. The minimum Gasteiger partial charge on any atom is -0.357 e. The fourth-order valence-corrected chi connectivity index (χ4v) is 2.79. The highest BCUT2D eigenvalue weighted by molar-refractivity contribution is 14.0. The second kappa shape index (κ2) is 10.1. The van der Waals surface area contributed by atoms with Gasteiger partial charge in [-0.15, -0.1) is 24.0 Å². The van der Waals surface area contributed by atoms with Crippen LogP contribution in [0.1, 0.15) is 31.7 Å². The molecule has 2 heterocycles. The van der Waals surface area contributed by atoms with E-state index >= 15 is 0 Å². The van der Waals surface area contributed by atoms with Crippen molar-refractivity contribution >= 4 is 29.9 Å². The molecule has 1 aliphatic rings. The quantitative estimate of drug-likeness (QED) is 0.421. The van der Waals surface area contributed by atoms with Crippen molar-refractivity contribution in [2.75, 3.05) is 46.3 Å². The third-order valence-corrected chi connectivity index (χ3v) is 4.30. The molecule has 0 aliphatic carbocycles. The Morgan fingerprint density at radius 2 is 2.26 bits per heavy atom. The molecule has 0 saturated carbocycles. The van der Waals surface area contributed by atoms with E-state index in [2.05, 4.69) is 47.3 Å². The lowest BCUT2D eigenvalue weighted by Crippen LogP contribution is -2.40. The monoisotopic (exact) mass is 434 g/mol. The van der Waals surface area contributed by atoms with Crippen LogP contribution >= 0.6 is 24.0 Å². The van der Waals surface area contributed by atoms with Gasteiger partial charge >= 0.3 is 0 Å². The van der Waals surface area contributed by atoms with Crippen LogP contribution in [0, 0.1) is 0 Å². The normalized spacial score (nSPS) is 18.4. The number of likely N-dealkylation sites (tertiary alicyclic amines) is 1. The van der Waals surface area contributed by atoms with Crippen LogP contribution in [-0.4, -0.2) is 71.9 Å². The van der Waals surface area contributed by atoms with Gasteiger partial charge in [0.25, 0.3) is 0 Å². The Bertz CT molecular complexity index is 487. The van der Waals surface area contributed by atoms with Gasteiger partial charge in [0.1, 0.15) is 0 Å². The summed E-state index contributed by atoms with van der Waals surface area (Å²) < 4.78 is 1.89. The van der Waals surface area contributed by atoms with Crippen molar-refractivity contribution in [3.05, 3.63) is 18.0 Å². The first kappa shape index (κ1) is 20.2. The van der Waals surface area contributed by atoms with E-state index in [0.717, 1.165) is 45.2 Å². The predicted octanol–water partition coefficient (Wildman–Crippen LogP) is 1.74. The Hall–Kier alpha value is -0.830. The lowest BCUT2D eigenvalue weighted by molar-refractivity contribution is 0.362. The van der Waals surface area contributed by atoms with Crippen molar-refractivity contribution in [3.8, 4) is 0 Å². The van der Waals surface area contributed by atoms with Crippen LogP contribution in [0.15, 0.2) is 17.4 Å². The molecule has 0 radical (unpaired) electrons. The predicted molar refractivity (Wildman–Crippen MR) is 107 cm³/mol. The van der Waals surface area contributed by atoms with Crippen LogP contribution in [0.2, 0.25) is 0 Å². The second-order valence-corrected chi connectivity index (χ2v) is 6.01. The number of likely N-dealkylation sites (N-methyl/N-ethyl adjacent to an activating group) is 1. The van der Waals surface area contributed by atoms with Crippen molar-refractivity contribution in [3.63, 3.8) is 0 Å². The minimum absolute atomic E-state index is 0. The van der Waals surface area contributed by atoms with Crippen molar-refractivity contribution in [1.29, 1.82) is 0 Å². The van der Waals surface area contributed by atoms with E-state index in [-0.39, 0.29) is 24.0 Å². The molecule has 1 atom stereocenters. The van der Waals surface area contributed by atoms with Crippen LogP contribution in [0.3, 0.4) is 0 Å². The van der Waals surface area contributed by atoms with Gasteiger partial charge in [-0.2, -0.15) is 5.10 Å². The number of guanidine groups is 1. The van der Waals surface area contributed by atoms with Gasteiger partial charge in [-0.1, -0.05) is 6.92 Å². The number of aryl methyl sites for hydroxylation is 1. The number of rotatable bonds is 6. The highest BCUT2D eigenvalue weighted by Crippen LogP contribution is 2.26. The van der Waals surface area contributed by atoms with E-state index < -0.39 is 0 Å². The molecular weight excluding hydrogens is 403 g/mol. The standard InChI is InChI=1S/C16H30N6.HI/c1-5-17-16(18-8-10-20(3)6-2)22-9-7-14(13-22)15-11-19-21(4)12-15;/h11-12,14H,5-10,13H2,1-4H3,(H,17,18);1H. The smallest absolute Gasteiger partial charge is 0.193 e.